The second kappa shape index (κ2) is 4.83. The van der Waals surface area contributed by atoms with Crippen molar-refractivity contribution in [1.82, 2.24) is 9.88 Å². The van der Waals surface area contributed by atoms with E-state index in [4.69, 9.17) is 11.6 Å². The first-order valence-corrected chi connectivity index (χ1v) is 5.94. The summed E-state index contributed by atoms with van der Waals surface area (Å²) >= 11 is 5.83. The number of aryl methyl sites for hydroxylation is 1. The predicted octanol–water partition coefficient (Wildman–Crippen LogP) is 2.73. The van der Waals surface area contributed by atoms with Crippen LogP contribution in [0.3, 0.4) is 0 Å². The number of halogens is 1. The van der Waals surface area contributed by atoms with Crippen molar-refractivity contribution in [1.29, 1.82) is 0 Å². The Morgan fingerprint density at radius 2 is 2.31 bits per heavy atom. The molecule has 1 aromatic rings. The van der Waals surface area contributed by atoms with Crippen molar-refractivity contribution >= 4 is 18.0 Å². The Morgan fingerprint density at radius 1 is 1.50 bits per heavy atom. The fourth-order valence-corrected chi connectivity index (χ4v) is 2.50. The van der Waals surface area contributed by atoms with Gasteiger partial charge in [-0.1, -0.05) is 17.7 Å². The Labute approximate surface area is 100 Å². The third-order valence-electron chi connectivity index (χ3n) is 3.13. The molecular weight excluding hydrogens is 224 g/mol. The Kier molecular flexibility index (Phi) is 3.44. The number of amides is 1. The van der Waals surface area contributed by atoms with Crippen molar-refractivity contribution < 1.29 is 4.79 Å². The highest BCUT2D eigenvalue weighted by atomic mass is 35.5. The van der Waals surface area contributed by atoms with E-state index in [1.165, 1.54) is 0 Å². The third-order valence-corrected chi connectivity index (χ3v) is 3.34. The molecule has 3 nitrogen and oxygen atoms in total. The molecular formula is C12H15ClN2O. The van der Waals surface area contributed by atoms with Gasteiger partial charge in [0.05, 0.1) is 6.04 Å². The first kappa shape index (κ1) is 11.4. The quantitative estimate of drug-likeness (QED) is 0.586. The predicted molar refractivity (Wildman–Crippen MR) is 63.3 cm³/mol. The maximum absolute atomic E-state index is 11.0. The standard InChI is InChI=1S/C12H15ClN2O/c1-9-10(5-6-12(13)14-9)11-4-2-3-7-15(11)8-16/h5-6,8,11H,2-4,7H2,1H3/t11-/m1/s1. The van der Waals surface area contributed by atoms with E-state index < -0.39 is 0 Å². The Balaban J connectivity index is 2.30. The molecule has 4 heteroatoms. The van der Waals surface area contributed by atoms with E-state index in [0.29, 0.717) is 5.15 Å². The van der Waals surface area contributed by atoms with E-state index in [-0.39, 0.29) is 6.04 Å². The van der Waals surface area contributed by atoms with Gasteiger partial charge in [-0.25, -0.2) is 4.98 Å². The highest BCUT2D eigenvalue weighted by molar-refractivity contribution is 6.29. The van der Waals surface area contributed by atoms with Gasteiger partial charge in [-0.05, 0) is 37.8 Å². The van der Waals surface area contributed by atoms with Crippen LogP contribution in [0.2, 0.25) is 5.15 Å². The lowest BCUT2D eigenvalue weighted by Gasteiger charge is -2.33. The third kappa shape index (κ3) is 2.19. The molecule has 0 spiro atoms. The van der Waals surface area contributed by atoms with Crippen LogP contribution in [0.15, 0.2) is 12.1 Å². The highest BCUT2D eigenvalue weighted by Crippen LogP contribution is 2.31. The van der Waals surface area contributed by atoms with Gasteiger partial charge in [0.1, 0.15) is 5.15 Å². The van der Waals surface area contributed by atoms with Gasteiger partial charge in [0.2, 0.25) is 6.41 Å². The average Bonchev–Trinajstić information content (AvgIpc) is 2.29. The summed E-state index contributed by atoms with van der Waals surface area (Å²) in [5, 5.41) is 0.509. The van der Waals surface area contributed by atoms with Crippen LogP contribution in [0, 0.1) is 6.92 Å². The summed E-state index contributed by atoms with van der Waals surface area (Å²) in [6.45, 7) is 2.79. The smallest absolute Gasteiger partial charge is 0.210 e. The van der Waals surface area contributed by atoms with Crippen LogP contribution in [-0.2, 0) is 4.79 Å². The van der Waals surface area contributed by atoms with Gasteiger partial charge in [0.15, 0.2) is 0 Å². The summed E-state index contributed by atoms with van der Waals surface area (Å²) in [5.41, 5.74) is 2.04. The van der Waals surface area contributed by atoms with Crippen LogP contribution in [-0.4, -0.2) is 22.8 Å². The molecule has 2 rings (SSSR count). The number of aromatic nitrogens is 1. The number of rotatable bonds is 2. The average molecular weight is 239 g/mol. The largest absolute Gasteiger partial charge is 0.338 e. The van der Waals surface area contributed by atoms with E-state index in [0.717, 1.165) is 43.5 Å². The zero-order valence-corrected chi connectivity index (χ0v) is 10.1. The topological polar surface area (TPSA) is 33.2 Å². The summed E-state index contributed by atoms with van der Waals surface area (Å²) in [6.07, 6.45) is 4.22. The molecule has 0 aliphatic carbocycles. The fourth-order valence-electron chi connectivity index (χ4n) is 2.31. The zero-order valence-electron chi connectivity index (χ0n) is 9.32. The first-order chi connectivity index (χ1) is 7.72. The number of hydrogen-bond acceptors (Lipinski definition) is 2. The first-order valence-electron chi connectivity index (χ1n) is 5.56. The van der Waals surface area contributed by atoms with Gasteiger partial charge < -0.3 is 4.90 Å². The maximum atomic E-state index is 11.0. The molecule has 1 atom stereocenters. The van der Waals surface area contributed by atoms with E-state index in [1.54, 1.807) is 6.07 Å². The number of hydrogen-bond donors (Lipinski definition) is 0. The highest BCUT2D eigenvalue weighted by Gasteiger charge is 2.24. The molecule has 0 radical (unpaired) electrons. The number of nitrogens with zero attached hydrogens (tertiary/aromatic N) is 2. The lowest BCUT2D eigenvalue weighted by Crippen LogP contribution is -2.32. The van der Waals surface area contributed by atoms with E-state index >= 15 is 0 Å². The molecule has 2 heterocycles. The number of piperidine rings is 1. The Bertz CT molecular complexity index is 395. The van der Waals surface area contributed by atoms with E-state index in [2.05, 4.69) is 4.98 Å². The van der Waals surface area contributed by atoms with Crippen molar-refractivity contribution in [3.8, 4) is 0 Å². The zero-order chi connectivity index (χ0) is 11.5. The van der Waals surface area contributed by atoms with Crippen molar-refractivity contribution in [3.05, 3.63) is 28.5 Å². The minimum absolute atomic E-state index is 0.177. The van der Waals surface area contributed by atoms with Gasteiger partial charge in [0, 0.05) is 12.2 Å². The van der Waals surface area contributed by atoms with Crippen molar-refractivity contribution in [2.45, 2.75) is 32.2 Å². The van der Waals surface area contributed by atoms with Gasteiger partial charge in [0.25, 0.3) is 0 Å². The molecule has 0 N–H and O–H groups in total. The maximum Gasteiger partial charge on any atom is 0.210 e. The van der Waals surface area contributed by atoms with Gasteiger partial charge in [-0.3, -0.25) is 4.79 Å². The summed E-state index contributed by atoms with van der Waals surface area (Å²) in [6, 6.07) is 3.95. The van der Waals surface area contributed by atoms with Crippen LogP contribution in [0.4, 0.5) is 0 Å². The number of carbonyl (C=O) groups is 1. The molecule has 16 heavy (non-hydrogen) atoms. The Morgan fingerprint density at radius 3 is 3.00 bits per heavy atom. The van der Waals surface area contributed by atoms with Crippen molar-refractivity contribution in [2.24, 2.45) is 0 Å². The van der Waals surface area contributed by atoms with Crippen molar-refractivity contribution in [3.63, 3.8) is 0 Å². The molecule has 1 saturated heterocycles. The minimum atomic E-state index is 0.177. The summed E-state index contributed by atoms with van der Waals surface area (Å²) in [7, 11) is 0. The number of carbonyl (C=O) groups excluding carboxylic acids is 1. The Hall–Kier alpha value is -1.09. The van der Waals surface area contributed by atoms with Crippen molar-refractivity contribution in [2.75, 3.05) is 6.54 Å². The van der Waals surface area contributed by atoms with E-state index in [1.807, 2.05) is 17.9 Å². The van der Waals surface area contributed by atoms with E-state index in [9.17, 15) is 4.79 Å². The van der Waals surface area contributed by atoms with Crippen LogP contribution in [0.5, 0.6) is 0 Å². The van der Waals surface area contributed by atoms with Crippen LogP contribution < -0.4 is 0 Å². The molecule has 0 unspecified atom stereocenters. The molecule has 1 aromatic heterocycles. The summed E-state index contributed by atoms with van der Waals surface area (Å²) in [4.78, 5) is 17.1. The minimum Gasteiger partial charge on any atom is -0.338 e. The lowest BCUT2D eigenvalue weighted by molar-refractivity contribution is -0.121. The molecule has 1 aliphatic rings. The monoisotopic (exact) mass is 238 g/mol. The molecule has 1 fully saturated rings. The second-order valence-electron chi connectivity index (χ2n) is 4.16. The normalized spacial score (nSPS) is 20.9. The molecule has 86 valence electrons. The number of likely N-dealkylation sites (tertiary alicyclic amines) is 1. The number of pyridine rings is 1. The molecule has 0 aromatic carbocycles. The molecule has 0 saturated carbocycles. The summed E-state index contributed by atoms with van der Waals surface area (Å²) < 4.78 is 0. The second-order valence-corrected chi connectivity index (χ2v) is 4.55. The summed E-state index contributed by atoms with van der Waals surface area (Å²) in [5.74, 6) is 0. The van der Waals surface area contributed by atoms with Gasteiger partial charge in [-0.15, -0.1) is 0 Å². The fraction of sp³-hybridized carbons (Fsp3) is 0.500. The van der Waals surface area contributed by atoms with Crippen LogP contribution in [0.1, 0.15) is 36.6 Å². The SMILES string of the molecule is Cc1nc(Cl)ccc1[C@H]1CCCCN1C=O. The molecule has 1 amide bonds. The van der Waals surface area contributed by atoms with Gasteiger partial charge in [-0.2, -0.15) is 0 Å². The molecule has 0 bridgehead atoms. The van der Waals surface area contributed by atoms with Crippen LogP contribution >= 0.6 is 11.6 Å². The van der Waals surface area contributed by atoms with Gasteiger partial charge >= 0.3 is 0 Å². The molecule has 1 aliphatic heterocycles. The van der Waals surface area contributed by atoms with Crippen LogP contribution in [0.25, 0.3) is 0 Å². The lowest BCUT2D eigenvalue weighted by atomic mass is 9.95.